The van der Waals surface area contributed by atoms with Gasteiger partial charge in [-0.3, -0.25) is 9.59 Å². The molecule has 3 aromatic rings. The minimum absolute atomic E-state index is 0.0150. The minimum Gasteiger partial charge on any atom is -0.325 e. The van der Waals surface area contributed by atoms with Crippen molar-refractivity contribution in [1.29, 1.82) is 0 Å². The van der Waals surface area contributed by atoms with E-state index in [-0.39, 0.29) is 21.7 Å². The molecule has 0 saturated heterocycles. The van der Waals surface area contributed by atoms with E-state index < -0.39 is 20.3 Å². The number of benzene rings is 2. The van der Waals surface area contributed by atoms with Crippen LogP contribution in [0.4, 0.5) is 5.69 Å². The summed E-state index contributed by atoms with van der Waals surface area (Å²) in [7, 11) is -3.96. The number of aromatic amines is 1. The molecule has 29 heavy (non-hydrogen) atoms. The Morgan fingerprint density at radius 1 is 1.10 bits per heavy atom. The summed E-state index contributed by atoms with van der Waals surface area (Å²) < 4.78 is 25.1. The Morgan fingerprint density at radius 2 is 1.79 bits per heavy atom. The summed E-state index contributed by atoms with van der Waals surface area (Å²) in [6.07, 6.45) is 1.93. The van der Waals surface area contributed by atoms with Gasteiger partial charge in [0.1, 0.15) is 0 Å². The summed E-state index contributed by atoms with van der Waals surface area (Å²) in [6.45, 7) is 2.05. The van der Waals surface area contributed by atoms with Gasteiger partial charge in [0.05, 0.1) is 16.8 Å². The highest BCUT2D eigenvalue weighted by molar-refractivity contribution is 7.99. The van der Waals surface area contributed by atoms with Gasteiger partial charge in [-0.2, -0.15) is 0 Å². The van der Waals surface area contributed by atoms with Gasteiger partial charge in [-0.25, -0.2) is 13.4 Å². The molecule has 0 saturated carbocycles. The van der Waals surface area contributed by atoms with Gasteiger partial charge in [-0.1, -0.05) is 49.0 Å². The number of carbonyl (C=O) groups is 1. The predicted octanol–water partition coefficient (Wildman–Crippen LogP) is 2.90. The minimum atomic E-state index is -3.96. The molecule has 2 N–H and O–H groups in total. The average Bonchev–Trinajstić information content (AvgIpc) is 2.73. The number of amides is 1. The third-order valence-electron chi connectivity index (χ3n) is 4.07. The van der Waals surface area contributed by atoms with E-state index in [0.717, 1.165) is 24.4 Å². The molecule has 0 fully saturated rings. The quantitative estimate of drug-likeness (QED) is 0.442. The fourth-order valence-corrected chi connectivity index (χ4v) is 4.40. The highest BCUT2D eigenvalue weighted by Crippen LogP contribution is 2.18. The van der Waals surface area contributed by atoms with Crippen LogP contribution < -0.4 is 10.9 Å². The first-order valence-electron chi connectivity index (χ1n) is 8.81. The number of sulfone groups is 1. The average molecular weight is 430 g/mol. The topological polar surface area (TPSA) is 109 Å². The van der Waals surface area contributed by atoms with Crippen molar-refractivity contribution in [1.82, 2.24) is 9.97 Å². The number of rotatable bonds is 7. The number of aromatic nitrogens is 2. The van der Waals surface area contributed by atoms with Crippen molar-refractivity contribution in [2.75, 3.05) is 11.1 Å². The monoisotopic (exact) mass is 429 g/mol. The van der Waals surface area contributed by atoms with Gasteiger partial charge in [0.25, 0.3) is 5.56 Å². The zero-order valence-corrected chi connectivity index (χ0v) is 17.2. The van der Waals surface area contributed by atoms with Gasteiger partial charge in [0, 0.05) is 5.69 Å². The number of nitrogens with zero attached hydrogens (tertiary/aromatic N) is 1. The van der Waals surface area contributed by atoms with E-state index >= 15 is 0 Å². The SMILES string of the molecule is CCc1ccc(NC(=O)CSc2ncc(S(=O)(=O)c3ccccc3)c(=O)[nH]2)cc1. The van der Waals surface area contributed by atoms with Gasteiger partial charge < -0.3 is 10.3 Å². The fraction of sp³-hybridized carbons (Fsp3) is 0.150. The van der Waals surface area contributed by atoms with E-state index in [1.807, 2.05) is 31.2 Å². The molecule has 0 spiro atoms. The van der Waals surface area contributed by atoms with Crippen LogP contribution in [0.1, 0.15) is 12.5 Å². The second-order valence-electron chi connectivity index (χ2n) is 6.09. The zero-order chi connectivity index (χ0) is 20.9. The Balaban J connectivity index is 1.66. The number of aryl methyl sites for hydroxylation is 1. The van der Waals surface area contributed by atoms with Crippen molar-refractivity contribution >= 4 is 33.2 Å². The lowest BCUT2D eigenvalue weighted by molar-refractivity contribution is -0.113. The van der Waals surface area contributed by atoms with Crippen LogP contribution in [-0.4, -0.2) is 30.0 Å². The Morgan fingerprint density at radius 3 is 2.41 bits per heavy atom. The van der Waals surface area contributed by atoms with E-state index in [4.69, 9.17) is 0 Å². The lowest BCUT2D eigenvalue weighted by Gasteiger charge is -2.07. The number of hydrogen-bond donors (Lipinski definition) is 2. The number of hydrogen-bond acceptors (Lipinski definition) is 6. The highest BCUT2D eigenvalue weighted by atomic mass is 32.2. The molecule has 0 aliphatic heterocycles. The Bertz CT molecular complexity index is 1160. The Hall–Kier alpha value is -2.91. The van der Waals surface area contributed by atoms with Crippen LogP contribution in [-0.2, 0) is 21.1 Å². The molecule has 0 atom stereocenters. The maximum absolute atomic E-state index is 12.5. The highest BCUT2D eigenvalue weighted by Gasteiger charge is 2.22. The lowest BCUT2D eigenvalue weighted by atomic mass is 10.1. The molecule has 0 aliphatic rings. The maximum Gasteiger partial charge on any atom is 0.270 e. The number of H-pyrrole nitrogens is 1. The standard InChI is InChI=1S/C20H19N3O4S2/c1-2-14-8-10-15(11-9-14)22-18(24)13-28-20-21-12-17(19(25)23-20)29(26,27)16-6-4-3-5-7-16/h3-12H,2,13H2,1H3,(H,22,24)(H,21,23,25). The molecule has 9 heteroatoms. The summed E-state index contributed by atoms with van der Waals surface area (Å²) in [5, 5.41) is 2.93. The molecular weight excluding hydrogens is 410 g/mol. The van der Waals surface area contributed by atoms with Gasteiger partial charge in [-0.05, 0) is 36.2 Å². The van der Waals surface area contributed by atoms with E-state index in [9.17, 15) is 18.0 Å². The molecule has 0 aliphatic carbocycles. The summed E-state index contributed by atoms with van der Waals surface area (Å²) in [5.41, 5.74) is 1.07. The molecule has 150 valence electrons. The second-order valence-corrected chi connectivity index (χ2v) is 8.97. The van der Waals surface area contributed by atoms with Crippen molar-refractivity contribution in [3.63, 3.8) is 0 Å². The van der Waals surface area contributed by atoms with Crippen molar-refractivity contribution in [3.05, 3.63) is 76.7 Å². The first-order chi connectivity index (χ1) is 13.9. The van der Waals surface area contributed by atoms with Gasteiger partial charge in [0.15, 0.2) is 10.1 Å². The molecular formula is C20H19N3O4S2. The fourth-order valence-electron chi connectivity index (χ4n) is 2.51. The molecule has 1 aromatic heterocycles. The molecule has 7 nitrogen and oxygen atoms in total. The number of anilines is 1. The van der Waals surface area contributed by atoms with Crippen molar-refractivity contribution < 1.29 is 13.2 Å². The first kappa shape index (κ1) is 20.8. The number of thioether (sulfide) groups is 1. The normalized spacial score (nSPS) is 11.2. The number of carbonyl (C=O) groups excluding carboxylic acids is 1. The smallest absolute Gasteiger partial charge is 0.270 e. The summed E-state index contributed by atoms with van der Waals surface area (Å²) in [6, 6.07) is 15.2. The third-order valence-corrected chi connectivity index (χ3v) is 6.72. The van der Waals surface area contributed by atoms with Crippen molar-refractivity contribution in [2.24, 2.45) is 0 Å². The van der Waals surface area contributed by atoms with Crippen molar-refractivity contribution in [3.8, 4) is 0 Å². The molecule has 1 amide bonds. The largest absolute Gasteiger partial charge is 0.325 e. The van der Waals surface area contributed by atoms with Crippen LogP contribution in [0.3, 0.4) is 0 Å². The molecule has 3 rings (SSSR count). The molecule has 0 radical (unpaired) electrons. The summed E-state index contributed by atoms with van der Waals surface area (Å²) in [4.78, 5) is 30.3. The van der Waals surface area contributed by atoms with Crippen molar-refractivity contribution in [2.45, 2.75) is 28.3 Å². The lowest BCUT2D eigenvalue weighted by Crippen LogP contribution is -2.20. The first-order valence-corrected chi connectivity index (χ1v) is 11.3. The molecule has 0 unspecified atom stereocenters. The van der Waals surface area contributed by atoms with E-state index in [1.54, 1.807) is 18.2 Å². The van der Waals surface area contributed by atoms with Crippen LogP contribution in [0.2, 0.25) is 0 Å². The Labute approximate surface area is 172 Å². The van der Waals surface area contributed by atoms with Gasteiger partial charge in [-0.15, -0.1) is 0 Å². The molecule has 0 bridgehead atoms. The third kappa shape index (κ3) is 5.12. The van der Waals surface area contributed by atoms with Crippen LogP contribution >= 0.6 is 11.8 Å². The van der Waals surface area contributed by atoms with E-state index in [0.29, 0.717) is 5.69 Å². The van der Waals surface area contributed by atoms with Crippen LogP contribution in [0, 0.1) is 0 Å². The van der Waals surface area contributed by atoms with Crippen LogP contribution in [0.25, 0.3) is 0 Å². The van der Waals surface area contributed by atoms with E-state index in [1.165, 1.54) is 17.7 Å². The van der Waals surface area contributed by atoms with Crippen LogP contribution in [0.15, 0.2) is 80.5 Å². The molecule has 1 heterocycles. The maximum atomic E-state index is 12.5. The summed E-state index contributed by atoms with van der Waals surface area (Å²) >= 11 is 1.01. The summed E-state index contributed by atoms with van der Waals surface area (Å²) in [5.74, 6) is -0.244. The predicted molar refractivity (Wildman–Crippen MR) is 112 cm³/mol. The second kappa shape index (κ2) is 9.06. The van der Waals surface area contributed by atoms with Gasteiger partial charge >= 0.3 is 0 Å². The Kier molecular flexibility index (Phi) is 6.50. The van der Waals surface area contributed by atoms with E-state index in [2.05, 4.69) is 15.3 Å². The zero-order valence-electron chi connectivity index (χ0n) is 15.6. The molecule has 2 aromatic carbocycles. The van der Waals surface area contributed by atoms with Crippen LogP contribution in [0.5, 0.6) is 0 Å². The number of nitrogens with one attached hydrogen (secondary N) is 2. The van der Waals surface area contributed by atoms with Gasteiger partial charge in [0.2, 0.25) is 15.7 Å².